The van der Waals surface area contributed by atoms with Gasteiger partial charge in [-0.2, -0.15) is 0 Å². The van der Waals surface area contributed by atoms with E-state index >= 15 is 0 Å². The molecule has 21 heavy (non-hydrogen) atoms. The number of rotatable bonds is 12. The zero-order valence-corrected chi connectivity index (χ0v) is 13.6. The number of benzene rings is 1. The van der Waals surface area contributed by atoms with Gasteiger partial charge in [0, 0.05) is 6.61 Å². The Bertz CT molecular complexity index is 350. The van der Waals surface area contributed by atoms with Gasteiger partial charge in [-0.25, -0.2) is 0 Å². The predicted octanol–water partition coefficient (Wildman–Crippen LogP) is 4.79. The van der Waals surface area contributed by atoms with Crippen LogP contribution in [-0.2, 0) is 5.60 Å². The second-order valence-corrected chi connectivity index (χ2v) is 6.10. The molecule has 0 spiro atoms. The average molecular weight is 292 g/mol. The SMILES string of the molecule is CCCCCCCCCC(O)(CCCO)c1ccccc1. The highest BCUT2D eigenvalue weighted by Gasteiger charge is 2.27. The summed E-state index contributed by atoms with van der Waals surface area (Å²) in [5.74, 6) is 0. The maximum atomic E-state index is 10.9. The third kappa shape index (κ3) is 7.10. The van der Waals surface area contributed by atoms with Crippen LogP contribution in [0.5, 0.6) is 0 Å². The summed E-state index contributed by atoms with van der Waals surface area (Å²) < 4.78 is 0. The fourth-order valence-electron chi connectivity index (χ4n) is 2.91. The quantitative estimate of drug-likeness (QED) is 0.544. The van der Waals surface area contributed by atoms with Crippen LogP contribution in [0.25, 0.3) is 0 Å². The molecule has 2 nitrogen and oxygen atoms in total. The standard InChI is InChI=1S/C19H32O2/c1-2-3-4-5-6-7-11-15-19(21,16-12-17-20)18-13-9-8-10-14-18/h8-10,13-14,20-21H,2-7,11-12,15-17H2,1H3. The third-order valence-electron chi connectivity index (χ3n) is 4.25. The van der Waals surface area contributed by atoms with E-state index in [1.54, 1.807) is 0 Å². The van der Waals surface area contributed by atoms with E-state index in [1.807, 2.05) is 30.3 Å². The first-order chi connectivity index (χ1) is 10.2. The third-order valence-corrected chi connectivity index (χ3v) is 4.25. The first-order valence-electron chi connectivity index (χ1n) is 8.61. The fourth-order valence-corrected chi connectivity index (χ4v) is 2.91. The lowest BCUT2D eigenvalue weighted by molar-refractivity contribution is 0.00977. The molecule has 2 N–H and O–H groups in total. The van der Waals surface area contributed by atoms with Gasteiger partial charge in [0.1, 0.15) is 0 Å². The summed E-state index contributed by atoms with van der Waals surface area (Å²) in [6.45, 7) is 2.38. The molecule has 1 unspecified atom stereocenters. The smallest absolute Gasteiger partial charge is 0.0897 e. The van der Waals surface area contributed by atoms with Gasteiger partial charge in [0.15, 0.2) is 0 Å². The Labute approximate surface area is 130 Å². The van der Waals surface area contributed by atoms with E-state index < -0.39 is 5.60 Å². The van der Waals surface area contributed by atoms with Crippen LogP contribution in [-0.4, -0.2) is 16.8 Å². The van der Waals surface area contributed by atoms with Gasteiger partial charge in [-0.1, -0.05) is 82.2 Å². The van der Waals surface area contributed by atoms with E-state index in [9.17, 15) is 5.11 Å². The Kier molecular flexibility index (Phi) is 9.36. The van der Waals surface area contributed by atoms with Crippen LogP contribution in [0.2, 0.25) is 0 Å². The molecule has 0 bridgehead atoms. The van der Waals surface area contributed by atoms with Crippen molar-refractivity contribution in [2.24, 2.45) is 0 Å². The largest absolute Gasteiger partial charge is 0.396 e. The van der Waals surface area contributed by atoms with Crippen molar-refractivity contribution in [1.82, 2.24) is 0 Å². The molecule has 120 valence electrons. The molecule has 0 amide bonds. The van der Waals surface area contributed by atoms with Crippen LogP contribution in [0.3, 0.4) is 0 Å². The summed E-state index contributed by atoms with van der Waals surface area (Å²) in [5.41, 5.74) is 0.220. The van der Waals surface area contributed by atoms with Gasteiger partial charge in [-0.15, -0.1) is 0 Å². The fraction of sp³-hybridized carbons (Fsp3) is 0.684. The van der Waals surface area contributed by atoms with Crippen molar-refractivity contribution in [1.29, 1.82) is 0 Å². The van der Waals surface area contributed by atoms with E-state index in [4.69, 9.17) is 5.11 Å². The minimum absolute atomic E-state index is 0.145. The van der Waals surface area contributed by atoms with Crippen molar-refractivity contribution >= 4 is 0 Å². The van der Waals surface area contributed by atoms with E-state index in [1.165, 1.54) is 38.5 Å². The molecular weight excluding hydrogens is 260 g/mol. The lowest BCUT2D eigenvalue weighted by Gasteiger charge is -2.29. The molecule has 0 heterocycles. The number of unbranched alkanes of at least 4 members (excludes halogenated alkanes) is 6. The number of hydrogen-bond donors (Lipinski definition) is 2. The van der Waals surface area contributed by atoms with Gasteiger partial charge in [0.25, 0.3) is 0 Å². The molecule has 0 aliphatic rings. The number of aliphatic hydroxyl groups excluding tert-OH is 1. The van der Waals surface area contributed by atoms with E-state index in [0.29, 0.717) is 12.8 Å². The normalized spacial score (nSPS) is 14.0. The van der Waals surface area contributed by atoms with Gasteiger partial charge in [0.2, 0.25) is 0 Å². The second kappa shape index (κ2) is 10.8. The summed E-state index contributed by atoms with van der Waals surface area (Å²) in [6.07, 6.45) is 10.9. The molecule has 0 aromatic heterocycles. The second-order valence-electron chi connectivity index (χ2n) is 6.10. The van der Waals surface area contributed by atoms with Gasteiger partial charge in [-0.05, 0) is 24.8 Å². The van der Waals surface area contributed by atoms with Crippen LogP contribution < -0.4 is 0 Å². The number of aliphatic hydroxyl groups is 2. The highest BCUT2D eigenvalue weighted by molar-refractivity contribution is 5.22. The average Bonchev–Trinajstić information content (AvgIpc) is 2.53. The van der Waals surface area contributed by atoms with Crippen LogP contribution in [0, 0.1) is 0 Å². The number of hydrogen-bond acceptors (Lipinski definition) is 2. The lowest BCUT2D eigenvalue weighted by atomic mass is 9.84. The zero-order chi connectivity index (χ0) is 15.4. The molecule has 1 rings (SSSR count). The maximum Gasteiger partial charge on any atom is 0.0897 e. The van der Waals surface area contributed by atoms with Crippen molar-refractivity contribution < 1.29 is 10.2 Å². The molecule has 0 radical (unpaired) electrons. The van der Waals surface area contributed by atoms with Crippen molar-refractivity contribution in [3.05, 3.63) is 35.9 Å². The molecule has 0 fully saturated rings. The first-order valence-corrected chi connectivity index (χ1v) is 8.61. The predicted molar refractivity (Wildman–Crippen MR) is 89.3 cm³/mol. The Morgan fingerprint density at radius 1 is 0.810 bits per heavy atom. The Morgan fingerprint density at radius 3 is 2.00 bits per heavy atom. The molecular formula is C19H32O2. The summed E-state index contributed by atoms with van der Waals surface area (Å²) in [5, 5.41) is 20.0. The first kappa shape index (κ1) is 18.2. The summed E-state index contributed by atoms with van der Waals surface area (Å²) in [7, 11) is 0. The monoisotopic (exact) mass is 292 g/mol. The molecule has 1 atom stereocenters. The van der Waals surface area contributed by atoms with Crippen LogP contribution in [0.4, 0.5) is 0 Å². The molecule has 0 aliphatic heterocycles. The summed E-state index contributed by atoms with van der Waals surface area (Å²) in [6, 6.07) is 9.93. The van der Waals surface area contributed by atoms with Gasteiger partial charge in [-0.3, -0.25) is 0 Å². The minimum Gasteiger partial charge on any atom is -0.396 e. The molecule has 0 saturated carbocycles. The molecule has 0 saturated heterocycles. The summed E-state index contributed by atoms with van der Waals surface area (Å²) >= 11 is 0. The molecule has 2 heteroatoms. The van der Waals surface area contributed by atoms with E-state index in [2.05, 4.69) is 6.92 Å². The van der Waals surface area contributed by atoms with E-state index in [0.717, 1.165) is 18.4 Å². The van der Waals surface area contributed by atoms with Gasteiger partial charge >= 0.3 is 0 Å². The van der Waals surface area contributed by atoms with Crippen LogP contribution >= 0.6 is 0 Å². The topological polar surface area (TPSA) is 40.5 Å². The Morgan fingerprint density at radius 2 is 1.38 bits per heavy atom. The minimum atomic E-state index is -0.770. The van der Waals surface area contributed by atoms with Crippen LogP contribution in [0.1, 0.15) is 76.7 Å². The van der Waals surface area contributed by atoms with E-state index in [-0.39, 0.29) is 6.61 Å². The van der Waals surface area contributed by atoms with Crippen molar-refractivity contribution in [2.75, 3.05) is 6.61 Å². The zero-order valence-electron chi connectivity index (χ0n) is 13.6. The Hall–Kier alpha value is -0.860. The van der Waals surface area contributed by atoms with Gasteiger partial charge in [0.05, 0.1) is 5.60 Å². The molecule has 0 aliphatic carbocycles. The van der Waals surface area contributed by atoms with Crippen LogP contribution in [0.15, 0.2) is 30.3 Å². The molecule has 1 aromatic rings. The maximum absolute atomic E-state index is 10.9. The van der Waals surface area contributed by atoms with Crippen molar-refractivity contribution in [3.63, 3.8) is 0 Å². The highest BCUT2D eigenvalue weighted by Crippen LogP contribution is 2.32. The van der Waals surface area contributed by atoms with Gasteiger partial charge < -0.3 is 10.2 Å². The summed E-state index contributed by atoms with van der Waals surface area (Å²) in [4.78, 5) is 0. The lowest BCUT2D eigenvalue weighted by Crippen LogP contribution is -2.26. The highest BCUT2D eigenvalue weighted by atomic mass is 16.3. The Balaban J connectivity index is 2.40. The molecule has 1 aromatic carbocycles. The van der Waals surface area contributed by atoms with Crippen molar-refractivity contribution in [3.8, 4) is 0 Å². The van der Waals surface area contributed by atoms with Crippen molar-refractivity contribution in [2.45, 2.75) is 76.7 Å².